The van der Waals surface area contributed by atoms with Gasteiger partial charge in [0.15, 0.2) is 0 Å². The Labute approximate surface area is 98.8 Å². The first kappa shape index (κ1) is 11.7. The molecule has 0 radical (unpaired) electrons. The van der Waals surface area contributed by atoms with Crippen LogP contribution in [-0.2, 0) is 4.74 Å². The molecule has 0 amide bonds. The Morgan fingerprint density at radius 1 is 1.50 bits per heavy atom. The molecule has 0 aromatic rings. The van der Waals surface area contributed by atoms with Crippen molar-refractivity contribution in [3.63, 3.8) is 0 Å². The van der Waals surface area contributed by atoms with Gasteiger partial charge in [0, 0.05) is 23.8 Å². The van der Waals surface area contributed by atoms with E-state index >= 15 is 0 Å². The number of rotatable bonds is 2. The van der Waals surface area contributed by atoms with Gasteiger partial charge in [0.05, 0.1) is 6.10 Å². The fourth-order valence-corrected chi connectivity index (χ4v) is 3.16. The maximum atomic E-state index is 5.82. The summed E-state index contributed by atoms with van der Waals surface area (Å²) in [5, 5.41) is 3.64. The molecule has 90 valence electrons. The SMILES string of the molecule is CCOC1C=CC=C2NC(C)(C)CC(C)C21. The molecule has 1 heterocycles. The van der Waals surface area contributed by atoms with E-state index in [0.29, 0.717) is 11.8 Å². The molecule has 1 saturated heterocycles. The largest absolute Gasteiger partial charge is 0.383 e. The second-order valence-electron chi connectivity index (χ2n) is 5.64. The van der Waals surface area contributed by atoms with Crippen molar-refractivity contribution in [2.75, 3.05) is 6.61 Å². The highest BCUT2D eigenvalue weighted by Crippen LogP contribution is 2.38. The van der Waals surface area contributed by atoms with Crippen molar-refractivity contribution in [3.05, 3.63) is 23.9 Å². The van der Waals surface area contributed by atoms with E-state index in [1.165, 1.54) is 12.1 Å². The molecule has 2 aliphatic rings. The molecule has 1 fully saturated rings. The Bertz CT molecular complexity index is 317. The van der Waals surface area contributed by atoms with Gasteiger partial charge in [0.2, 0.25) is 0 Å². The maximum absolute atomic E-state index is 5.82. The van der Waals surface area contributed by atoms with E-state index in [2.05, 4.69) is 51.2 Å². The molecule has 16 heavy (non-hydrogen) atoms. The molecule has 2 nitrogen and oxygen atoms in total. The molecule has 2 rings (SSSR count). The van der Waals surface area contributed by atoms with Crippen LogP contribution in [-0.4, -0.2) is 18.2 Å². The van der Waals surface area contributed by atoms with E-state index < -0.39 is 0 Å². The molecule has 3 atom stereocenters. The van der Waals surface area contributed by atoms with Crippen LogP contribution < -0.4 is 5.32 Å². The van der Waals surface area contributed by atoms with E-state index in [4.69, 9.17) is 4.74 Å². The van der Waals surface area contributed by atoms with Gasteiger partial charge >= 0.3 is 0 Å². The van der Waals surface area contributed by atoms with Crippen molar-refractivity contribution in [1.29, 1.82) is 0 Å². The predicted octanol–water partition coefficient (Wildman–Crippen LogP) is 2.87. The van der Waals surface area contributed by atoms with Crippen LogP contribution in [0.3, 0.4) is 0 Å². The Morgan fingerprint density at radius 2 is 2.25 bits per heavy atom. The molecular formula is C14H23NO. The Kier molecular flexibility index (Phi) is 3.11. The third-order valence-corrected chi connectivity index (χ3v) is 3.58. The summed E-state index contributed by atoms with van der Waals surface area (Å²) < 4.78 is 5.82. The summed E-state index contributed by atoms with van der Waals surface area (Å²) in [7, 11) is 0. The van der Waals surface area contributed by atoms with Gasteiger partial charge in [-0.3, -0.25) is 0 Å². The van der Waals surface area contributed by atoms with E-state index in [1.54, 1.807) is 0 Å². The number of nitrogens with one attached hydrogen (secondary N) is 1. The second-order valence-corrected chi connectivity index (χ2v) is 5.64. The first-order valence-electron chi connectivity index (χ1n) is 6.31. The standard InChI is InChI=1S/C14H23NO/c1-5-16-12-8-6-7-11-13(12)10(2)9-14(3,4)15-11/h6-8,10,12-13,15H,5,9H2,1-4H3. The van der Waals surface area contributed by atoms with Gasteiger partial charge in [0.25, 0.3) is 0 Å². The zero-order chi connectivity index (χ0) is 11.8. The highest BCUT2D eigenvalue weighted by atomic mass is 16.5. The Hall–Kier alpha value is -0.760. The number of allylic oxidation sites excluding steroid dienone is 2. The van der Waals surface area contributed by atoms with Crippen LogP contribution in [0, 0.1) is 11.8 Å². The van der Waals surface area contributed by atoms with Crippen molar-refractivity contribution in [1.82, 2.24) is 5.32 Å². The molecular weight excluding hydrogens is 198 g/mol. The van der Waals surface area contributed by atoms with Crippen molar-refractivity contribution in [2.45, 2.75) is 45.8 Å². The molecule has 0 saturated carbocycles. The third-order valence-electron chi connectivity index (χ3n) is 3.58. The van der Waals surface area contributed by atoms with Crippen molar-refractivity contribution < 1.29 is 4.74 Å². The van der Waals surface area contributed by atoms with Gasteiger partial charge in [-0.1, -0.05) is 19.1 Å². The zero-order valence-electron chi connectivity index (χ0n) is 10.8. The second kappa shape index (κ2) is 4.25. The number of hydrogen-bond acceptors (Lipinski definition) is 2. The number of fused-ring (bicyclic) bond motifs is 1. The number of hydrogen-bond donors (Lipinski definition) is 1. The lowest BCUT2D eigenvalue weighted by Gasteiger charge is -2.46. The molecule has 1 N–H and O–H groups in total. The van der Waals surface area contributed by atoms with Crippen LogP contribution in [0.4, 0.5) is 0 Å². The smallest absolute Gasteiger partial charge is 0.0843 e. The molecule has 0 aromatic carbocycles. The van der Waals surface area contributed by atoms with Gasteiger partial charge < -0.3 is 10.1 Å². The summed E-state index contributed by atoms with van der Waals surface area (Å²) >= 11 is 0. The molecule has 1 aliphatic heterocycles. The van der Waals surface area contributed by atoms with Crippen LogP contribution in [0.15, 0.2) is 23.9 Å². The lowest BCUT2D eigenvalue weighted by atomic mass is 9.73. The zero-order valence-corrected chi connectivity index (χ0v) is 10.8. The van der Waals surface area contributed by atoms with E-state index in [1.807, 2.05) is 0 Å². The summed E-state index contributed by atoms with van der Waals surface area (Å²) in [5.41, 5.74) is 1.56. The minimum Gasteiger partial charge on any atom is -0.383 e. The van der Waals surface area contributed by atoms with E-state index in [9.17, 15) is 0 Å². The van der Waals surface area contributed by atoms with Crippen LogP contribution in [0.25, 0.3) is 0 Å². The Balaban J connectivity index is 2.20. The topological polar surface area (TPSA) is 21.3 Å². The van der Waals surface area contributed by atoms with Crippen LogP contribution >= 0.6 is 0 Å². The molecule has 1 aliphatic carbocycles. The Morgan fingerprint density at radius 3 is 2.94 bits per heavy atom. The first-order valence-corrected chi connectivity index (χ1v) is 6.31. The predicted molar refractivity (Wildman–Crippen MR) is 67.1 cm³/mol. The number of ether oxygens (including phenoxy) is 1. The highest BCUT2D eigenvalue weighted by molar-refractivity contribution is 5.27. The van der Waals surface area contributed by atoms with Gasteiger partial charge in [-0.2, -0.15) is 0 Å². The van der Waals surface area contributed by atoms with Gasteiger partial charge in [-0.15, -0.1) is 0 Å². The first-order chi connectivity index (χ1) is 7.53. The van der Waals surface area contributed by atoms with Crippen LogP contribution in [0.1, 0.15) is 34.1 Å². The molecule has 2 heteroatoms. The summed E-state index contributed by atoms with van der Waals surface area (Å²) in [6, 6.07) is 0. The van der Waals surface area contributed by atoms with Gasteiger partial charge in [0.1, 0.15) is 0 Å². The lowest BCUT2D eigenvalue weighted by molar-refractivity contribution is 0.0258. The minimum absolute atomic E-state index is 0.212. The molecule has 0 bridgehead atoms. The third kappa shape index (κ3) is 2.17. The van der Waals surface area contributed by atoms with E-state index in [0.717, 1.165) is 6.61 Å². The monoisotopic (exact) mass is 221 g/mol. The average molecular weight is 221 g/mol. The summed E-state index contributed by atoms with van der Waals surface area (Å²) in [6.45, 7) is 9.74. The summed E-state index contributed by atoms with van der Waals surface area (Å²) in [5.74, 6) is 1.18. The summed E-state index contributed by atoms with van der Waals surface area (Å²) in [4.78, 5) is 0. The fourth-order valence-electron chi connectivity index (χ4n) is 3.16. The molecule has 3 unspecified atom stereocenters. The molecule has 0 spiro atoms. The number of piperidine rings is 1. The minimum atomic E-state index is 0.212. The summed E-state index contributed by atoms with van der Waals surface area (Å²) in [6.07, 6.45) is 7.97. The van der Waals surface area contributed by atoms with Crippen molar-refractivity contribution in [2.24, 2.45) is 11.8 Å². The van der Waals surface area contributed by atoms with E-state index in [-0.39, 0.29) is 11.6 Å². The van der Waals surface area contributed by atoms with Crippen molar-refractivity contribution in [3.8, 4) is 0 Å². The highest BCUT2D eigenvalue weighted by Gasteiger charge is 2.39. The van der Waals surface area contributed by atoms with Gasteiger partial charge in [-0.25, -0.2) is 0 Å². The molecule has 0 aromatic heterocycles. The van der Waals surface area contributed by atoms with Crippen molar-refractivity contribution >= 4 is 0 Å². The fraction of sp³-hybridized carbons (Fsp3) is 0.714. The normalized spacial score (nSPS) is 36.2. The lowest BCUT2D eigenvalue weighted by Crippen LogP contribution is -2.51. The quantitative estimate of drug-likeness (QED) is 0.774. The maximum Gasteiger partial charge on any atom is 0.0843 e. The van der Waals surface area contributed by atoms with Crippen LogP contribution in [0.2, 0.25) is 0 Å². The average Bonchev–Trinajstić information content (AvgIpc) is 2.15. The van der Waals surface area contributed by atoms with Gasteiger partial charge in [-0.05, 0) is 39.2 Å². The van der Waals surface area contributed by atoms with Crippen LogP contribution in [0.5, 0.6) is 0 Å².